The molecule has 51 heavy (non-hydrogen) atoms. The molecule has 1 fully saturated rings. The van der Waals surface area contributed by atoms with Gasteiger partial charge in [0.15, 0.2) is 5.75 Å². The number of nitrogens with zero attached hydrogens (tertiary/aromatic N) is 2. The number of carbonyl (C=O) groups is 3. The van der Waals surface area contributed by atoms with Crippen LogP contribution in [0.4, 0.5) is 9.18 Å². The Bertz CT molecular complexity index is 1830. The van der Waals surface area contributed by atoms with E-state index in [1.165, 1.54) is 12.1 Å². The number of benzene rings is 4. The van der Waals surface area contributed by atoms with Gasteiger partial charge in [-0.2, -0.15) is 0 Å². The van der Waals surface area contributed by atoms with Crippen LogP contribution in [-0.4, -0.2) is 54.9 Å². The van der Waals surface area contributed by atoms with E-state index in [0.29, 0.717) is 35.6 Å². The fourth-order valence-corrected chi connectivity index (χ4v) is 5.97. The molecule has 266 valence electrons. The molecule has 0 unspecified atom stereocenters. The first-order valence-electron chi connectivity index (χ1n) is 17.1. The number of hydrogen-bond donors (Lipinski definition) is 2. The van der Waals surface area contributed by atoms with Gasteiger partial charge in [-0.3, -0.25) is 9.78 Å². The number of aromatic nitrogens is 1. The van der Waals surface area contributed by atoms with Crippen molar-refractivity contribution in [3.8, 4) is 11.5 Å². The van der Waals surface area contributed by atoms with Gasteiger partial charge in [0.05, 0.1) is 5.56 Å². The minimum Gasteiger partial charge on any atom is -0.478 e. The Hall–Kier alpha value is -5.61. The van der Waals surface area contributed by atoms with Gasteiger partial charge in [-0.05, 0) is 67.8 Å². The number of halogens is 1. The summed E-state index contributed by atoms with van der Waals surface area (Å²) in [6.07, 6.45) is 2.20. The largest absolute Gasteiger partial charge is 0.478 e. The van der Waals surface area contributed by atoms with Crippen LogP contribution in [0.5, 0.6) is 11.5 Å². The van der Waals surface area contributed by atoms with E-state index in [0.717, 1.165) is 29.5 Å². The van der Waals surface area contributed by atoms with E-state index in [4.69, 9.17) is 14.3 Å². The molecule has 0 spiro atoms. The maximum atomic E-state index is 14.2. The molecule has 5 aromatic rings. The molecule has 1 saturated heterocycles. The van der Waals surface area contributed by atoms with Crippen LogP contribution in [0.2, 0.25) is 0 Å². The fraction of sp³-hybridized carbons (Fsp3) is 0.268. The van der Waals surface area contributed by atoms with Crippen molar-refractivity contribution >= 4 is 29.7 Å². The number of ether oxygens (including phenoxy) is 2. The molecule has 4 aromatic carbocycles. The Morgan fingerprint density at radius 2 is 1.47 bits per heavy atom. The van der Waals surface area contributed by atoms with Crippen molar-refractivity contribution in [2.45, 2.75) is 52.3 Å². The van der Waals surface area contributed by atoms with Crippen LogP contribution in [0.25, 0.3) is 10.9 Å². The smallest absolute Gasteiger partial charge is 0.415 e. The Morgan fingerprint density at radius 1 is 0.882 bits per heavy atom. The molecule has 0 aliphatic carbocycles. The summed E-state index contributed by atoms with van der Waals surface area (Å²) in [5.41, 5.74) is 3.53. The van der Waals surface area contributed by atoms with Crippen molar-refractivity contribution in [3.05, 3.63) is 137 Å². The molecule has 9 nitrogen and oxygen atoms in total. The van der Waals surface area contributed by atoms with Crippen LogP contribution in [-0.2, 0) is 11.3 Å². The molecule has 10 heteroatoms. The molecule has 1 aromatic heterocycles. The quantitative estimate of drug-likeness (QED) is 0.162. The average molecular weight is 693 g/mol. The molecular weight excluding hydrogens is 647 g/mol. The monoisotopic (exact) mass is 692 g/mol. The number of pyridine rings is 1. The molecule has 6 rings (SSSR count). The minimum absolute atomic E-state index is 0.147. The minimum atomic E-state index is -0.576. The van der Waals surface area contributed by atoms with Crippen molar-refractivity contribution in [1.29, 1.82) is 0 Å². The molecule has 2 amide bonds. The second-order valence-electron chi connectivity index (χ2n) is 11.6. The van der Waals surface area contributed by atoms with Gasteiger partial charge >= 0.3 is 6.09 Å². The number of likely N-dealkylation sites (tertiary alicyclic amines) is 1. The first-order valence-corrected chi connectivity index (χ1v) is 17.1. The number of nitrogens with one attached hydrogen (secondary N) is 2. The topological polar surface area (TPSA) is 110 Å². The highest BCUT2D eigenvalue weighted by atomic mass is 19.1. The number of carbonyl (C=O) groups excluding carboxylic acids is 3. The van der Waals surface area contributed by atoms with E-state index in [1.54, 1.807) is 36.2 Å². The third-order valence-corrected chi connectivity index (χ3v) is 8.59. The van der Waals surface area contributed by atoms with Crippen LogP contribution in [0.15, 0.2) is 103 Å². The summed E-state index contributed by atoms with van der Waals surface area (Å²) in [5.74, 6) is -0.283. The highest BCUT2D eigenvalue weighted by molar-refractivity contribution is 6.07. The van der Waals surface area contributed by atoms with Crippen LogP contribution in [0.1, 0.15) is 65.4 Å². The van der Waals surface area contributed by atoms with Crippen LogP contribution in [0.3, 0.4) is 0 Å². The van der Waals surface area contributed by atoms with Crippen molar-refractivity contribution in [2.75, 3.05) is 20.1 Å². The summed E-state index contributed by atoms with van der Waals surface area (Å²) in [6, 6.07) is 29.4. The van der Waals surface area contributed by atoms with Gasteiger partial charge in [0.2, 0.25) is 0 Å². The van der Waals surface area contributed by atoms with Crippen LogP contribution < -0.4 is 20.1 Å². The standard InChI is InChI=1S/C38H37FN4O4.C2H6.CH2O/c1-25-32(37(44)42-24-26-15-17-29(39)18-16-26)36(46-35(27-10-5-3-6-11-27)28-12-7-4-8-13-28)33-31(14-9-21-41-33)34(25)47-38(45)43-22-19-30(40-2)20-23-43;2*1-2/h3-18,21,30,35,40H,19-20,22-24H2,1-2H3,(H,42,44);1-2H3;1H2. The Kier molecular flexibility index (Phi) is 14.2. The van der Waals surface area contributed by atoms with Crippen molar-refractivity contribution < 1.29 is 28.2 Å². The number of rotatable bonds is 9. The lowest BCUT2D eigenvalue weighted by Crippen LogP contribution is -2.45. The summed E-state index contributed by atoms with van der Waals surface area (Å²) >= 11 is 0. The second-order valence-corrected chi connectivity index (χ2v) is 11.6. The van der Waals surface area contributed by atoms with E-state index >= 15 is 0 Å². The Morgan fingerprint density at radius 3 is 2.04 bits per heavy atom. The third kappa shape index (κ3) is 9.34. The van der Waals surface area contributed by atoms with Crippen molar-refractivity contribution in [2.24, 2.45) is 0 Å². The summed E-state index contributed by atoms with van der Waals surface area (Å²) in [5, 5.41) is 6.79. The highest BCUT2D eigenvalue weighted by Gasteiger charge is 2.30. The molecule has 2 heterocycles. The van der Waals surface area contributed by atoms with Gasteiger partial charge < -0.3 is 29.8 Å². The number of fused-ring (bicyclic) bond motifs is 1. The van der Waals surface area contributed by atoms with E-state index in [1.807, 2.05) is 94.4 Å². The lowest BCUT2D eigenvalue weighted by atomic mass is 9.98. The predicted octanol–water partition coefficient (Wildman–Crippen LogP) is 7.80. The molecule has 1 aliphatic heterocycles. The number of hydrogen-bond acceptors (Lipinski definition) is 7. The van der Waals surface area contributed by atoms with Gasteiger partial charge in [0.25, 0.3) is 5.91 Å². The fourth-order valence-electron chi connectivity index (χ4n) is 5.97. The van der Waals surface area contributed by atoms with Gasteiger partial charge in [0.1, 0.15) is 30.0 Å². The maximum Gasteiger partial charge on any atom is 0.415 e. The van der Waals surface area contributed by atoms with Gasteiger partial charge in [-0.15, -0.1) is 0 Å². The lowest BCUT2D eigenvalue weighted by Gasteiger charge is -2.31. The van der Waals surface area contributed by atoms with Gasteiger partial charge in [-0.1, -0.05) is 86.6 Å². The van der Waals surface area contributed by atoms with E-state index in [-0.39, 0.29) is 29.4 Å². The molecule has 1 aliphatic rings. The first kappa shape index (κ1) is 38.2. The zero-order valence-electron chi connectivity index (χ0n) is 29.5. The molecule has 2 N–H and O–H groups in total. The third-order valence-electron chi connectivity index (χ3n) is 8.59. The van der Waals surface area contributed by atoms with E-state index in [2.05, 4.69) is 15.6 Å². The van der Waals surface area contributed by atoms with E-state index in [9.17, 15) is 14.0 Å². The van der Waals surface area contributed by atoms with Gasteiger partial charge in [0, 0.05) is 42.8 Å². The zero-order valence-corrected chi connectivity index (χ0v) is 29.5. The normalized spacial score (nSPS) is 12.6. The second kappa shape index (κ2) is 19.0. The number of piperidine rings is 1. The summed E-state index contributed by atoms with van der Waals surface area (Å²) in [6.45, 7) is 9.01. The molecule has 0 saturated carbocycles. The maximum absolute atomic E-state index is 14.2. The van der Waals surface area contributed by atoms with E-state index < -0.39 is 18.1 Å². The average Bonchev–Trinajstić information content (AvgIpc) is 3.20. The Balaban J connectivity index is 0.00000141. The van der Waals surface area contributed by atoms with Crippen molar-refractivity contribution in [1.82, 2.24) is 20.5 Å². The summed E-state index contributed by atoms with van der Waals surface area (Å²) in [7, 11) is 1.92. The predicted molar refractivity (Wildman–Crippen MR) is 198 cm³/mol. The first-order chi connectivity index (χ1) is 24.9. The molecule has 0 radical (unpaired) electrons. The number of amides is 2. The highest BCUT2D eigenvalue weighted by Crippen LogP contribution is 2.42. The van der Waals surface area contributed by atoms with Crippen LogP contribution >= 0.6 is 0 Å². The molecule has 0 atom stereocenters. The van der Waals surface area contributed by atoms with Gasteiger partial charge in [-0.25, -0.2) is 9.18 Å². The molecule has 0 bridgehead atoms. The zero-order chi connectivity index (χ0) is 36.8. The molecular formula is C41H45FN4O5. The Labute approximate surface area is 298 Å². The van der Waals surface area contributed by atoms with Crippen LogP contribution in [0, 0.1) is 12.7 Å². The SMILES string of the molecule is C=O.CC.CNC1CCN(C(=O)Oc2c(C)c(C(=O)NCc3ccc(F)cc3)c(OC(c3ccccc3)c3ccccc3)c3ncccc23)CC1. The lowest BCUT2D eigenvalue weighted by molar-refractivity contribution is -0.0980. The summed E-state index contributed by atoms with van der Waals surface area (Å²) < 4.78 is 26.6. The summed E-state index contributed by atoms with van der Waals surface area (Å²) in [4.78, 5) is 42.1. The van der Waals surface area contributed by atoms with Crippen molar-refractivity contribution in [3.63, 3.8) is 0 Å².